The Hall–Kier alpha value is -1.64. The number of hydrogen-bond donors (Lipinski definition) is 2. The van der Waals surface area contributed by atoms with Crippen molar-refractivity contribution in [3.8, 4) is 0 Å². The molecule has 3 N–H and O–H groups in total. The minimum absolute atomic E-state index is 0. The molecule has 6 nitrogen and oxygen atoms in total. The maximum atomic E-state index is 5.75. The van der Waals surface area contributed by atoms with E-state index in [0.29, 0.717) is 18.3 Å². The summed E-state index contributed by atoms with van der Waals surface area (Å²) in [4.78, 5) is 8.33. The molecule has 0 atom stereocenters. The normalized spacial score (nSPS) is 10.9. The fourth-order valence-corrected chi connectivity index (χ4v) is 1.51. The Balaban J connectivity index is 0.00000180. The number of halogens is 1. The molecular weight excluding hydrogens is 355 g/mol. The van der Waals surface area contributed by atoms with Gasteiger partial charge < -0.3 is 11.1 Å². The van der Waals surface area contributed by atoms with Crippen LogP contribution in [0.3, 0.4) is 0 Å². The van der Waals surface area contributed by atoms with E-state index in [9.17, 15) is 0 Å². The van der Waals surface area contributed by atoms with Crippen molar-refractivity contribution in [2.24, 2.45) is 17.8 Å². The predicted octanol–water partition coefficient (Wildman–Crippen LogP) is 1.40. The molecule has 0 aliphatic heterocycles. The van der Waals surface area contributed by atoms with Gasteiger partial charge in [0, 0.05) is 26.0 Å². The number of aromatic nitrogens is 3. The lowest BCUT2D eigenvalue weighted by atomic mass is 10.3. The predicted molar refractivity (Wildman–Crippen MR) is 86.7 cm³/mol. The van der Waals surface area contributed by atoms with Crippen LogP contribution >= 0.6 is 24.0 Å². The van der Waals surface area contributed by atoms with E-state index in [0.717, 1.165) is 12.0 Å². The summed E-state index contributed by atoms with van der Waals surface area (Å²) in [6, 6.07) is 5.57. The van der Waals surface area contributed by atoms with Crippen LogP contribution in [-0.2, 0) is 13.5 Å². The zero-order valence-corrected chi connectivity index (χ0v) is 13.0. The number of nitrogens with one attached hydrogen (secondary N) is 1. The molecule has 102 valence electrons. The number of anilines is 1. The molecule has 7 heteroatoms. The Bertz CT molecular complexity index is 522. The highest BCUT2D eigenvalue weighted by molar-refractivity contribution is 14.0. The van der Waals surface area contributed by atoms with Gasteiger partial charge in [-0.3, -0.25) is 9.67 Å². The summed E-state index contributed by atoms with van der Waals surface area (Å²) in [5.74, 6) is 1.07. The van der Waals surface area contributed by atoms with Crippen LogP contribution in [0.25, 0.3) is 0 Å². The van der Waals surface area contributed by atoms with Crippen molar-refractivity contribution in [2.45, 2.75) is 6.42 Å². The Labute approximate surface area is 129 Å². The number of pyridine rings is 1. The summed E-state index contributed by atoms with van der Waals surface area (Å²) in [5, 5.41) is 7.02. The molecule has 0 unspecified atom stereocenters. The Kier molecular flexibility index (Phi) is 6.26. The monoisotopic (exact) mass is 372 g/mol. The van der Waals surface area contributed by atoms with Crippen molar-refractivity contribution in [3.05, 3.63) is 42.4 Å². The van der Waals surface area contributed by atoms with Gasteiger partial charge in [0.05, 0.1) is 6.20 Å². The zero-order chi connectivity index (χ0) is 12.8. The maximum Gasteiger partial charge on any atom is 0.194 e. The number of rotatable bonds is 4. The van der Waals surface area contributed by atoms with E-state index in [2.05, 4.69) is 20.4 Å². The molecule has 2 aromatic heterocycles. The van der Waals surface area contributed by atoms with E-state index in [1.165, 1.54) is 0 Å². The number of aliphatic imine (C=N–C) groups is 1. The fourth-order valence-electron chi connectivity index (χ4n) is 1.51. The molecule has 0 spiro atoms. The van der Waals surface area contributed by atoms with Gasteiger partial charge in [-0.15, -0.1) is 24.0 Å². The highest BCUT2D eigenvalue weighted by Gasteiger charge is 1.97. The average Bonchev–Trinajstić information content (AvgIpc) is 2.76. The van der Waals surface area contributed by atoms with Crippen LogP contribution in [0, 0.1) is 0 Å². The Morgan fingerprint density at radius 2 is 2.32 bits per heavy atom. The molecular formula is C12H17IN6. The minimum Gasteiger partial charge on any atom is -0.370 e. The first-order valence-electron chi connectivity index (χ1n) is 5.69. The van der Waals surface area contributed by atoms with Gasteiger partial charge in [-0.2, -0.15) is 5.10 Å². The number of nitrogens with zero attached hydrogens (tertiary/aromatic N) is 4. The third-order valence-corrected chi connectivity index (χ3v) is 2.36. The molecule has 0 saturated heterocycles. The van der Waals surface area contributed by atoms with Crippen LogP contribution in [0.2, 0.25) is 0 Å². The molecule has 2 rings (SSSR count). The lowest BCUT2D eigenvalue weighted by Gasteiger charge is -2.03. The minimum atomic E-state index is 0. The number of hydrogen-bond acceptors (Lipinski definition) is 3. The van der Waals surface area contributed by atoms with Gasteiger partial charge in [-0.1, -0.05) is 6.07 Å². The number of aryl methyl sites for hydroxylation is 1. The molecule has 0 aliphatic rings. The van der Waals surface area contributed by atoms with Crippen molar-refractivity contribution in [1.82, 2.24) is 14.8 Å². The first kappa shape index (κ1) is 15.4. The van der Waals surface area contributed by atoms with Crippen molar-refractivity contribution < 1.29 is 0 Å². The SMILES string of the molecule is Cn1cc(CCN=C(N)Nc2ccccn2)cn1.I. The zero-order valence-electron chi connectivity index (χ0n) is 10.7. The smallest absolute Gasteiger partial charge is 0.194 e. The largest absolute Gasteiger partial charge is 0.370 e. The van der Waals surface area contributed by atoms with E-state index in [1.54, 1.807) is 10.9 Å². The first-order chi connectivity index (χ1) is 8.74. The molecule has 0 amide bonds. The van der Waals surface area contributed by atoms with Gasteiger partial charge in [-0.05, 0) is 24.1 Å². The van der Waals surface area contributed by atoms with Gasteiger partial charge in [0.15, 0.2) is 5.96 Å². The van der Waals surface area contributed by atoms with Crippen molar-refractivity contribution >= 4 is 35.8 Å². The second-order valence-electron chi connectivity index (χ2n) is 3.88. The average molecular weight is 372 g/mol. The van der Waals surface area contributed by atoms with Crippen molar-refractivity contribution in [1.29, 1.82) is 0 Å². The summed E-state index contributed by atoms with van der Waals surface area (Å²) in [7, 11) is 1.89. The fraction of sp³-hybridized carbons (Fsp3) is 0.250. The molecule has 0 aromatic carbocycles. The quantitative estimate of drug-likeness (QED) is 0.483. The highest BCUT2D eigenvalue weighted by Crippen LogP contribution is 2.00. The Morgan fingerprint density at radius 1 is 1.47 bits per heavy atom. The summed E-state index contributed by atoms with van der Waals surface area (Å²) in [5.41, 5.74) is 6.90. The van der Waals surface area contributed by atoms with Crippen LogP contribution in [0.4, 0.5) is 5.82 Å². The van der Waals surface area contributed by atoms with Gasteiger partial charge in [-0.25, -0.2) is 4.98 Å². The summed E-state index contributed by atoms with van der Waals surface area (Å²) in [6.07, 6.45) is 6.32. The third kappa shape index (κ3) is 5.25. The number of nitrogens with two attached hydrogens (primary N) is 1. The van der Waals surface area contributed by atoms with Crippen molar-refractivity contribution in [3.63, 3.8) is 0 Å². The van der Waals surface area contributed by atoms with E-state index in [-0.39, 0.29) is 24.0 Å². The lowest BCUT2D eigenvalue weighted by molar-refractivity contribution is 0.766. The first-order valence-corrected chi connectivity index (χ1v) is 5.69. The van der Waals surface area contributed by atoms with Crippen LogP contribution in [0.5, 0.6) is 0 Å². The van der Waals surface area contributed by atoms with Gasteiger partial charge in [0.2, 0.25) is 0 Å². The van der Waals surface area contributed by atoms with Gasteiger partial charge in [0.25, 0.3) is 0 Å². The summed E-state index contributed by atoms with van der Waals surface area (Å²) in [6.45, 7) is 0.622. The molecule has 0 saturated carbocycles. The van der Waals surface area contributed by atoms with E-state index < -0.39 is 0 Å². The third-order valence-electron chi connectivity index (χ3n) is 2.36. The second-order valence-corrected chi connectivity index (χ2v) is 3.88. The number of guanidine groups is 1. The topological polar surface area (TPSA) is 81.1 Å². The van der Waals surface area contributed by atoms with Crippen LogP contribution < -0.4 is 11.1 Å². The Morgan fingerprint density at radius 3 is 2.95 bits per heavy atom. The molecule has 0 aliphatic carbocycles. The molecule has 0 bridgehead atoms. The highest BCUT2D eigenvalue weighted by atomic mass is 127. The van der Waals surface area contributed by atoms with Crippen LogP contribution in [-0.4, -0.2) is 27.3 Å². The standard InChI is InChI=1S/C12H16N6.HI/c1-18-9-10(8-16-18)5-7-15-12(13)17-11-4-2-3-6-14-11;/h2-4,6,8-9H,5,7H2,1H3,(H3,13,14,15,17);1H. The van der Waals surface area contributed by atoms with Crippen LogP contribution in [0.1, 0.15) is 5.56 Å². The van der Waals surface area contributed by atoms with Crippen LogP contribution in [0.15, 0.2) is 41.8 Å². The molecule has 19 heavy (non-hydrogen) atoms. The van der Waals surface area contributed by atoms with E-state index in [4.69, 9.17) is 5.73 Å². The van der Waals surface area contributed by atoms with E-state index in [1.807, 2.05) is 37.6 Å². The summed E-state index contributed by atoms with van der Waals surface area (Å²) < 4.78 is 1.77. The summed E-state index contributed by atoms with van der Waals surface area (Å²) >= 11 is 0. The van der Waals surface area contributed by atoms with Gasteiger partial charge in [0.1, 0.15) is 5.82 Å². The lowest BCUT2D eigenvalue weighted by Crippen LogP contribution is -2.23. The maximum absolute atomic E-state index is 5.75. The van der Waals surface area contributed by atoms with Crippen molar-refractivity contribution in [2.75, 3.05) is 11.9 Å². The molecule has 0 radical (unpaired) electrons. The molecule has 0 fully saturated rings. The van der Waals surface area contributed by atoms with E-state index >= 15 is 0 Å². The van der Waals surface area contributed by atoms with Gasteiger partial charge >= 0.3 is 0 Å². The molecule has 2 aromatic rings. The molecule has 2 heterocycles. The second kappa shape index (κ2) is 7.72.